The van der Waals surface area contributed by atoms with E-state index in [0.717, 1.165) is 12.0 Å². The molecule has 0 aliphatic heterocycles. The summed E-state index contributed by atoms with van der Waals surface area (Å²) in [6.07, 6.45) is 1.31. The Balaban J connectivity index is 2.93. The van der Waals surface area contributed by atoms with Crippen LogP contribution in [-0.2, 0) is 11.2 Å². The van der Waals surface area contributed by atoms with Gasteiger partial charge in [0.2, 0.25) is 5.75 Å². The van der Waals surface area contributed by atoms with E-state index in [1.165, 1.54) is 0 Å². The third-order valence-corrected chi connectivity index (χ3v) is 3.36. The summed E-state index contributed by atoms with van der Waals surface area (Å²) in [4.78, 5) is 12.1. The molecular formula is C18H28O5. The van der Waals surface area contributed by atoms with Crippen LogP contribution in [0.25, 0.3) is 0 Å². The number of hydrogen-bond donors (Lipinski definition) is 1. The topological polar surface area (TPSA) is 65.0 Å². The van der Waals surface area contributed by atoms with Gasteiger partial charge in [-0.2, -0.15) is 0 Å². The van der Waals surface area contributed by atoms with Crippen LogP contribution >= 0.6 is 0 Å². The number of ether oxygens (including phenoxy) is 3. The van der Waals surface area contributed by atoms with Gasteiger partial charge in [-0.05, 0) is 38.0 Å². The van der Waals surface area contributed by atoms with Crippen LogP contribution in [0.2, 0.25) is 0 Å². The van der Waals surface area contributed by atoms with Crippen molar-refractivity contribution in [1.82, 2.24) is 0 Å². The van der Waals surface area contributed by atoms with E-state index in [1.54, 1.807) is 26.4 Å². The van der Waals surface area contributed by atoms with Gasteiger partial charge >= 0.3 is 0 Å². The van der Waals surface area contributed by atoms with E-state index in [0.29, 0.717) is 23.7 Å². The minimum Gasteiger partial charge on any atom is -0.493 e. The lowest BCUT2D eigenvalue weighted by atomic mass is 10.0. The zero-order valence-corrected chi connectivity index (χ0v) is 14.7. The van der Waals surface area contributed by atoms with E-state index in [2.05, 4.69) is 0 Å². The van der Waals surface area contributed by atoms with Crippen molar-refractivity contribution in [2.45, 2.75) is 58.7 Å². The highest BCUT2D eigenvalue weighted by Gasteiger charge is 2.18. The van der Waals surface area contributed by atoms with Crippen LogP contribution in [-0.4, -0.2) is 37.3 Å². The number of methoxy groups -OCH3 is 2. The molecule has 1 atom stereocenters. The van der Waals surface area contributed by atoms with E-state index < -0.39 is 6.10 Å². The Bertz CT molecular complexity index is 485. The van der Waals surface area contributed by atoms with Crippen molar-refractivity contribution < 1.29 is 24.1 Å². The number of carbonyl (C=O) groups excluding carboxylic acids is 1. The summed E-state index contributed by atoms with van der Waals surface area (Å²) in [6, 6.07) is 3.56. The molecule has 0 aliphatic carbocycles. The lowest BCUT2D eigenvalue weighted by Crippen LogP contribution is -2.15. The molecule has 0 bridgehead atoms. The molecule has 0 spiro atoms. The molecule has 0 aliphatic rings. The Morgan fingerprint density at radius 1 is 1.17 bits per heavy atom. The van der Waals surface area contributed by atoms with E-state index in [-0.39, 0.29) is 24.7 Å². The van der Waals surface area contributed by atoms with Crippen molar-refractivity contribution in [1.29, 1.82) is 0 Å². The third-order valence-electron chi connectivity index (χ3n) is 3.36. The van der Waals surface area contributed by atoms with Crippen molar-refractivity contribution in [3.05, 3.63) is 17.7 Å². The number of aliphatic hydroxyl groups excluding tert-OH is 1. The molecule has 0 aromatic heterocycles. The molecule has 0 saturated heterocycles. The zero-order valence-electron chi connectivity index (χ0n) is 14.7. The molecule has 0 unspecified atom stereocenters. The fourth-order valence-electron chi connectivity index (χ4n) is 2.39. The third kappa shape index (κ3) is 6.10. The van der Waals surface area contributed by atoms with Gasteiger partial charge in [-0.25, -0.2) is 0 Å². The van der Waals surface area contributed by atoms with Gasteiger partial charge in [0, 0.05) is 12.8 Å². The Morgan fingerprint density at radius 2 is 1.74 bits per heavy atom. The molecule has 0 saturated carbocycles. The first-order chi connectivity index (χ1) is 10.9. The number of Topliss-reactive ketones (excluding diaryl/α,β-unsaturated/α-hetero) is 1. The van der Waals surface area contributed by atoms with E-state index in [1.807, 2.05) is 20.8 Å². The van der Waals surface area contributed by atoms with Gasteiger partial charge in [0.15, 0.2) is 11.5 Å². The summed E-state index contributed by atoms with van der Waals surface area (Å²) in [5.41, 5.74) is 0.781. The quantitative estimate of drug-likeness (QED) is 0.716. The standard InChI is InChI=1S/C18H28O5/c1-6-7-14(19)11-15(20)8-13-9-16(21-4)18(23-12(2)3)17(10-13)22-5/h9-10,12,14,19H,6-8,11H2,1-5H3/t14-/m0/s1. The van der Waals surface area contributed by atoms with Crippen LogP contribution in [0.4, 0.5) is 0 Å². The van der Waals surface area contributed by atoms with Crippen LogP contribution < -0.4 is 14.2 Å². The first-order valence-corrected chi connectivity index (χ1v) is 8.02. The van der Waals surface area contributed by atoms with Crippen molar-refractivity contribution in [2.24, 2.45) is 0 Å². The first kappa shape index (κ1) is 19.3. The summed E-state index contributed by atoms with van der Waals surface area (Å²) in [6.45, 7) is 5.83. The minimum absolute atomic E-state index is 0.00687. The van der Waals surface area contributed by atoms with Crippen molar-refractivity contribution in [3.8, 4) is 17.2 Å². The molecule has 0 heterocycles. The highest BCUT2D eigenvalue weighted by molar-refractivity contribution is 5.81. The van der Waals surface area contributed by atoms with Crippen molar-refractivity contribution in [3.63, 3.8) is 0 Å². The monoisotopic (exact) mass is 324 g/mol. The molecule has 1 aromatic carbocycles. The summed E-state index contributed by atoms with van der Waals surface area (Å²) in [5, 5.41) is 9.75. The Morgan fingerprint density at radius 3 is 2.17 bits per heavy atom. The molecule has 1 aromatic rings. The predicted molar refractivity (Wildman–Crippen MR) is 89.6 cm³/mol. The fraction of sp³-hybridized carbons (Fsp3) is 0.611. The van der Waals surface area contributed by atoms with E-state index >= 15 is 0 Å². The first-order valence-electron chi connectivity index (χ1n) is 8.02. The second-order valence-electron chi connectivity index (χ2n) is 5.86. The highest BCUT2D eigenvalue weighted by Crippen LogP contribution is 2.39. The van der Waals surface area contributed by atoms with Crippen LogP contribution in [0.15, 0.2) is 12.1 Å². The van der Waals surface area contributed by atoms with Gasteiger partial charge in [0.05, 0.1) is 26.4 Å². The highest BCUT2D eigenvalue weighted by atomic mass is 16.5. The summed E-state index contributed by atoms with van der Waals surface area (Å²) in [7, 11) is 3.11. The molecule has 5 heteroatoms. The van der Waals surface area contributed by atoms with Crippen LogP contribution in [0, 0.1) is 0 Å². The molecule has 1 rings (SSSR count). The normalized spacial score (nSPS) is 12.1. The minimum atomic E-state index is -0.570. The van der Waals surface area contributed by atoms with Crippen LogP contribution in [0.3, 0.4) is 0 Å². The number of ketones is 1. The Kier molecular flexibility index (Phi) is 7.89. The molecule has 1 N–H and O–H groups in total. The number of aliphatic hydroxyl groups is 1. The smallest absolute Gasteiger partial charge is 0.203 e. The molecule has 0 radical (unpaired) electrons. The van der Waals surface area contributed by atoms with Gasteiger partial charge in [-0.3, -0.25) is 4.79 Å². The molecule has 5 nitrogen and oxygen atoms in total. The lowest BCUT2D eigenvalue weighted by Gasteiger charge is -2.18. The van der Waals surface area contributed by atoms with Gasteiger partial charge < -0.3 is 19.3 Å². The SMILES string of the molecule is CCC[C@H](O)CC(=O)Cc1cc(OC)c(OC(C)C)c(OC)c1. The molecule has 0 amide bonds. The largest absolute Gasteiger partial charge is 0.493 e. The fourth-order valence-corrected chi connectivity index (χ4v) is 2.39. The van der Waals surface area contributed by atoms with Crippen LogP contribution in [0.1, 0.15) is 45.6 Å². The summed E-state index contributed by atoms with van der Waals surface area (Å²) in [5.74, 6) is 1.60. The van der Waals surface area contributed by atoms with Crippen molar-refractivity contribution >= 4 is 5.78 Å². The maximum absolute atomic E-state index is 12.1. The molecular weight excluding hydrogens is 296 g/mol. The molecule has 23 heavy (non-hydrogen) atoms. The summed E-state index contributed by atoms with van der Waals surface area (Å²) >= 11 is 0. The number of benzene rings is 1. The second-order valence-corrected chi connectivity index (χ2v) is 5.86. The average Bonchev–Trinajstić information content (AvgIpc) is 2.47. The zero-order chi connectivity index (χ0) is 17.4. The van der Waals surface area contributed by atoms with Crippen molar-refractivity contribution in [2.75, 3.05) is 14.2 Å². The Labute approximate surface area is 138 Å². The predicted octanol–water partition coefficient (Wildman–Crippen LogP) is 3.15. The van der Waals surface area contributed by atoms with Gasteiger partial charge in [-0.1, -0.05) is 13.3 Å². The number of hydrogen-bond acceptors (Lipinski definition) is 5. The van der Waals surface area contributed by atoms with Gasteiger partial charge in [0.25, 0.3) is 0 Å². The number of carbonyl (C=O) groups is 1. The van der Waals surface area contributed by atoms with E-state index in [9.17, 15) is 9.90 Å². The number of rotatable bonds is 10. The Hall–Kier alpha value is -1.75. The lowest BCUT2D eigenvalue weighted by molar-refractivity contribution is -0.120. The summed E-state index contributed by atoms with van der Waals surface area (Å²) < 4.78 is 16.5. The molecule has 130 valence electrons. The van der Waals surface area contributed by atoms with E-state index in [4.69, 9.17) is 14.2 Å². The van der Waals surface area contributed by atoms with Gasteiger partial charge in [-0.15, -0.1) is 0 Å². The van der Waals surface area contributed by atoms with Crippen LogP contribution in [0.5, 0.6) is 17.2 Å². The van der Waals surface area contributed by atoms with Gasteiger partial charge in [0.1, 0.15) is 5.78 Å². The maximum atomic E-state index is 12.1. The molecule has 0 fully saturated rings. The maximum Gasteiger partial charge on any atom is 0.203 e. The average molecular weight is 324 g/mol. The second kappa shape index (κ2) is 9.40.